The Hall–Kier alpha value is -1.45. The summed E-state index contributed by atoms with van der Waals surface area (Å²) in [6, 6.07) is 0. The van der Waals surface area contributed by atoms with Gasteiger partial charge in [0, 0.05) is 18.6 Å². The van der Waals surface area contributed by atoms with Crippen LogP contribution in [0.5, 0.6) is 0 Å². The van der Waals surface area contributed by atoms with E-state index < -0.39 is 0 Å². The van der Waals surface area contributed by atoms with Gasteiger partial charge in [-0.15, -0.1) is 0 Å². The van der Waals surface area contributed by atoms with Gasteiger partial charge in [0.15, 0.2) is 5.82 Å². The lowest BCUT2D eigenvalue weighted by Crippen LogP contribution is -1.91. The van der Waals surface area contributed by atoms with E-state index in [0.717, 1.165) is 6.42 Å². The molecule has 1 rings (SSSR count). The van der Waals surface area contributed by atoms with Crippen molar-refractivity contribution in [3.63, 3.8) is 0 Å². The van der Waals surface area contributed by atoms with Crippen LogP contribution in [0.2, 0.25) is 0 Å². The quantitative estimate of drug-likeness (QED) is 0.521. The van der Waals surface area contributed by atoms with E-state index in [1.54, 1.807) is 24.8 Å². The summed E-state index contributed by atoms with van der Waals surface area (Å²) in [4.78, 5) is 7.83. The van der Waals surface area contributed by atoms with E-state index in [1.807, 2.05) is 6.92 Å². The molecule has 11 heavy (non-hydrogen) atoms. The van der Waals surface area contributed by atoms with Gasteiger partial charge in [0.05, 0.1) is 6.20 Å². The van der Waals surface area contributed by atoms with Gasteiger partial charge < -0.3 is 0 Å². The summed E-state index contributed by atoms with van der Waals surface area (Å²) in [5, 5.41) is 3.88. The minimum absolute atomic E-state index is 0.664. The van der Waals surface area contributed by atoms with Crippen molar-refractivity contribution in [3.05, 3.63) is 18.6 Å². The highest BCUT2D eigenvalue weighted by molar-refractivity contribution is 5.57. The second-order valence-electron chi connectivity index (χ2n) is 1.92. The number of hydrogen-bond acceptors (Lipinski definition) is 4. The number of hydrogen-bond donors (Lipinski definition) is 1. The van der Waals surface area contributed by atoms with Gasteiger partial charge in [-0.05, 0) is 6.42 Å². The first-order valence-corrected chi connectivity index (χ1v) is 3.47. The summed E-state index contributed by atoms with van der Waals surface area (Å²) < 4.78 is 0. The average molecular weight is 150 g/mol. The highest BCUT2D eigenvalue weighted by Gasteiger charge is 1.84. The largest absolute Gasteiger partial charge is 0.260 e. The second-order valence-corrected chi connectivity index (χ2v) is 1.92. The fourth-order valence-corrected chi connectivity index (χ4v) is 0.560. The fourth-order valence-electron chi connectivity index (χ4n) is 0.560. The Balaban J connectivity index is 2.45. The molecule has 1 aromatic rings. The van der Waals surface area contributed by atoms with Gasteiger partial charge in [0.25, 0.3) is 0 Å². The van der Waals surface area contributed by atoms with Crippen LogP contribution in [0.4, 0.5) is 5.82 Å². The van der Waals surface area contributed by atoms with Crippen LogP contribution in [0.3, 0.4) is 0 Å². The first kappa shape index (κ1) is 7.65. The summed E-state index contributed by atoms with van der Waals surface area (Å²) in [7, 11) is 0. The Morgan fingerprint density at radius 2 is 2.55 bits per heavy atom. The number of anilines is 1. The molecule has 0 saturated heterocycles. The van der Waals surface area contributed by atoms with Crippen LogP contribution in [0.15, 0.2) is 23.7 Å². The molecule has 0 aliphatic heterocycles. The molecule has 0 unspecified atom stereocenters. The van der Waals surface area contributed by atoms with Gasteiger partial charge >= 0.3 is 0 Å². The third kappa shape index (κ3) is 2.75. The van der Waals surface area contributed by atoms with E-state index in [4.69, 9.17) is 0 Å². The van der Waals surface area contributed by atoms with Gasteiger partial charge in [-0.3, -0.25) is 10.4 Å². The Kier molecular flexibility index (Phi) is 3.05. The monoisotopic (exact) mass is 150 g/mol. The average Bonchev–Trinajstić information content (AvgIpc) is 2.07. The molecule has 1 N–H and O–H groups in total. The van der Waals surface area contributed by atoms with E-state index in [1.165, 1.54) is 0 Å². The van der Waals surface area contributed by atoms with Crippen molar-refractivity contribution < 1.29 is 0 Å². The van der Waals surface area contributed by atoms with Crippen molar-refractivity contribution in [2.45, 2.75) is 13.3 Å². The van der Waals surface area contributed by atoms with Crippen LogP contribution < -0.4 is 5.43 Å². The molecular weight excluding hydrogens is 140 g/mol. The normalized spacial score (nSPS) is 10.3. The van der Waals surface area contributed by atoms with E-state index in [-0.39, 0.29) is 0 Å². The maximum atomic E-state index is 3.96. The van der Waals surface area contributed by atoms with Crippen LogP contribution in [0, 0.1) is 0 Å². The molecule has 0 saturated carbocycles. The Morgan fingerprint density at radius 3 is 3.18 bits per heavy atom. The topological polar surface area (TPSA) is 50.2 Å². The molecule has 58 valence electrons. The number of rotatable bonds is 3. The molecule has 0 aliphatic rings. The third-order valence-corrected chi connectivity index (χ3v) is 1.02. The lowest BCUT2D eigenvalue weighted by atomic mass is 10.6. The Morgan fingerprint density at radius 1 is 1.64 bits per heavy atom. The summed E-state index contributed by atoms with van der Waals surface area (Å²) in [5.74, 6) is 0.664. The molecule has 0 fully saturated rings. The SMILES string of the molecule is CCC=NNc1cnccn1. The minimum Gasteiger partial charge on any atom is -0.260 e. The second kappa shape index (κ2) is 4.38. The van der Waals surface area contributed by atoms with Crippen molar-refractivity contribution in [3.8, 4) is 0 Å². The standard InChI is InChI=1S/C7H10N4/c1-2-3-10-11-7-6-8-4-5-9-7/h3-6H,2H2,1H3,(H,9,11). The number of nitrogens with one attached hydrogen (secondary N) is 1. The highest BCUT2D eigenvalue weighted by atomic mass is 15.3. The van der Waals surface area contributed by atoms with Gasteiger partial charge in [0.2, 0.25) is 0 Å². The first-order valence-electron chi connectivity index (χ1n) is 3.47. The lowest BCUT2D eigenvalue weighted by molar-refractivity contribution is 1.15. The van der Waals surface area contributed by atoms with Crippen molar-refractivity contribution in [2.24, 2.45) is 5.10 Å². The summed E-state index contributed by atoms with van der Waals surface area (Å²) >= 11 is 0. The van der Waals surface area contributed by atoms with Crippen LogP contribution in [0.1, 0.15) is 13.3 Å². The zero-order valence-corrected chi connectivity index (χ0v) is 6.36. The van der Waals surface area contributed by atoms with Gasteiger partial charge in [0.1, 0.15) is 0 Å². The molecule has 0 spiro atoms. The molecule has 0 aromatic carbocycles. The fraction of sp³-hybridized carbons (Fsp3) is 0.286. The molecule has 0 atom stereocenters. The van der Waals surface area contributed by atoms with Crippen molar-refractivity contribution in [1.82, 2.24) is 9.97 Å². The number of nitrogens with zero attached hydrogens (tertiary/aromatic N) is 3. The lowest BCUT2D eigenvalue weighted by Gasteiger charge is -1.94. The summed E-state index contributed by atoms with van der Waals surface area (Å²) in [5.41, 5.74) is 2.74. The van der Waals surface area contributed by atoms with Crippen molar-refractivity contribution >= 4 is 12.0 Å². The molecule has 0 aliphatic carbocycles. The Bertz CT molecular complexity index is 219. The van der Waals surface area contributed by atoms with E-state index >= 15 is 0 Å². The van der Waals surface area contributed by atoms with Gasteiger partial charge in [-0.25, -0.2) is 4.98 Å². The molecule has 4 nitrogen and oxygen atoms in total. The van der Waals surface area contributed by atoms with Crippen LogP contribution >= 0.6 is 0 Å². The van der Waals surface area contributed by atoms with E-state index in [9.17, 15) is 0 Å². The zero-order valence-electron chi connectivity index (χ0n) is 6.36. The van der Waals surface area contributed by atoms with Crippen LogP contribution in [-0.2, 0) is 0 Å². The van der Waals surface area contributed by atoms with Gasteiger partial charge in [-0.2, -0.15) is 5.10 Å². The number of hydrazone groups is 1. The van der Waals surface area contributed by atoms with Crippen molar-refractivity contribution in [2.75, 3.05) is 5.43 Å². The van der Waals surface area contributed by atoms with Gasteiger partial charge in [-0.1, -0.05) is 6.92 Å². The molecule has 1 aromatic heterocycles. The molecular formula is C7H10N4. The number of aromatic nitrogens is 2. The van der Waals surface area contributed by atoms with Crippen LogP contribution in [-0.4, -0.2) is 16.2 Å². The zero-order chi connectivity index (χ0) is 7.94. The maximum Gasteiger partial charge on any atom is 0.164 e. The van der Waals surface area contributed by atoms with Crippen molar-refractivity contribution in [1.29, 1.82) is 0 Å². The highest BCUT2D eigenvalue weighted by Crippen LogP contribution is 1.95. The first-order chi connectivity index (χ1) is 5.43. The minimum atomic E-state index is 0.664. The van der Waals surface area contributed by atoms with Crippen LogP contribution in [0.25, 0.3) is 0 Å². The van der Waals surface area contributed by atoms with E-state index in [2.05, 4.69) is 20.5 Å². The third-order valence-electron chi connectivity index (χ3n) is 1.02. The summed E-state index contributed by atoms with van der Waals surface area (Å²) in [6.07, 6.45) is 7.54. The maximum absolute atomic E-state index is 3.96. The van der Waals surface area contributed by atoms with E-state index in [0.29, 0.717) is 5.82 Å². The predicted octanol–water partition coefficient (Wildman–Crippen LogP) is 1.28. The molecule has 4 heteroatoms. The molecule has 0 radical (unpaired) electrons. The Labute approximate surface area is 65.4 Å². The predicted molar refractivity (Wildman–Crippen MR) is 44.4 cm³/mol. The molecule has 0 bridgehead atoms. The summed E-state index contributed by atoms with van der Waals surface area (Å²) in [6.45, 7) is 2.02. The smallest absolute Gasteiger partial charge is 0.164 e. The molecule has 0 amide bonds. The molecule has 1 heterocycles.